The summed E-state index contributed by atoms with van der Waals surface area (Å²) in [6.07, 6.45) is -0.0517. The number of nitrogens with one attached hydrogen (secondary N) is 3. The lowest BCUT2D eigenvalue weighted by Crippen LogP contribution is -2.11. The van der Waals surface area contributed by atoms with Gasteiger partial charge in [0, 0.05) is 29.0 Å². The van der Waals surface area contributed by atoms with E-state index in [0.29, 0.717) is 5.69 Å². The Bertz CT molecular complexity index is 1540. The van der Waals surface area contributed by atoms with E-state index in [4.69, 9.17) is 0 Å². The second-order valence-corrected chi connectivity index (χ2v) is 9.50. The highest BCUT2D eigenvalue weighted by atomic mass is 32.2. The number of halogens is 3. The number of rotatable bonds is 6. The Balaban J connectivity index is 1.66. The van der Waals surface area contributed by atoms with E-state index >= 15 is 0 Å². The van der Waals surface area contributed by atoms with E-state index in [1.165, 1.54) is 12.4 Å². The normalized spacial score (nSPS) is 12.8. The molecule has 0 aliphatic heterocycles. The van der Waals surface area contributed by atoms with Gasteiger partial charge in [-0.05, 0) is 30.7 Å². The lowest BCUT2D eigenvalue weighted by atomic mass is 10.1. The van der Waals surface area contributed by atoms with Gasteiger partial charge in [-0.15, -0.1) is 0 Å². The Morgan fingerprint density at radius 2 is 1.86 bits per heavy atom. The van der Waals surface area contributed by atoms with Crippen LogP contribution in [-0.4, -0.2) is 34.6 Å². The first kappa shape index (κ1) is 24.0. The first-order valence-corrected chi connectivity index (χ1v) is 12.0. The molecule has 0 saturated heterocycles. The van der Waals surface area contributed by atoms with Gasteiger partial charge in [0.25, 0.3) is 0 Å². The Morgan fingerprint density at radius 1 is 1.14 bits per heavy atom. The molecule has 0 amide bonds. The molecular formula is C22H18F3N7O2S. The second kappa shape index (κ2) is 8.88. The van der Waals surface area contributed by atoms with Crippen molar-refractivity contribution in [3.63, 3.8) is 0 Å². The SMILES string of the molecule is C[C@@H](Nc1ncc(C#N)c(-c2c[nH]c3ncc(C(F)(F)F)cc23)n1)c1ccc(NS(C)(=O)=O)cc1. The minimum absolute atomic E-state index is 0.0812. The summed E-state index contributed by atoms with van der Waals surface area (Å²) in [4.78, 5) is 15.2. The van der Waals surface area contributed by atoms with Crippen molar-refractivity contribution in [3.8, 4) is 17.3 Å². The summed E-state index contributed by atoms with van der Waals surface area (Å²) in [6, 6.07) is 9.27. The van der Waals surface area contributed by atoms with E-state index in [1.54, 1.807) is 24.3 Å². The Hall–Kier alpha value is -4.18. The maximum absolute atomic E-state index is 13.2. The predicted molar refractivity (Wildman–Crippen MR) is 124 cm³/mol. The molecule has 180 valence electrons. The van der Waals surface area contributed by atoms with Crippen LogP contribution in [0.1, 0.15) is 29.7 Å². The fourth-order valence-electron chi connectivity index (χ4n) is 3.42. The number of H-pyrrole nitrogens is 1. The number of fused-ring (bicyclic) bond motifs is 1. The molecule has 4 aromatic rings. The van der Waals surface area contributed by atoms with Crippen molar-refractivity contribution in [1.29, 1.82) is 5.26 Å². The van der Waals surface area contributed by atoms with Crippen molar-refractivity contribution < 1.29 is 21.6 Å². The van der Waals surface area contributed by atoms with Crippen LogP contribution in [0.25, 0.3) is 22.3 Å². The topological polar surface area (TPSA) is 136 Å². The Labute approximate surface area is 198 Å². The molecule has 0 aliphatic carbocycles. The highest BCUT2D eigenvalue weighted by Gasteiger charge is 2.31. The van der Waals surface area contributed by atoms with Gasteiger partial charge >= 0.3 is 6.18 Å². The van der Waals surface area contributed by atoms with Crippen LogP contribution in [0.5, 0.6) is 0 Å². The number of anilines is 2. The third-order valence-electron chi connectivity index (χ3n) is 5.08. The van der Waals surface area contributed by atoms with E-state index in [0.717, 1.165) is 24.1 Å². The molecule has 13 heteroatoms. The smallest absolute Gasteiger partial charge is 0.348 e. The van der Waals surface area contributed by atoms with Crippen molar-refractivity contribution in [2.75, 3.05) is 16.3 Å². The summed E-state index contributed by atoms with van der Waals surface area (Å²) in [6.45, 7) is 1.82. The fraction of sp³-hybridized carbons (Fsp3) is 0.182. The summed E-state index contributed by atoms with van der Waals surface area (Å²) in [5.41, 5.74) is 1.02. The number of pyridine rings is 1. The average Bonchev–Trinajstić information content (AvgIpc) is 3.21. The third-order valence-corrected chi connectivity index (χ3v) is 5.69. The van der Waals surface area contributed by atoms with Gasteiger partial charge in [-0.3, -0.25) is 4.72 Å². The number of benzene rings is 1. The van der Waals surface area contributed by atoms with Crippen LogP contribution in [0.15, 0.2) is 48.9 Å². The van der Waals surface area contributed by atoms with E-state index in [2.05, 4.69) is 30.0 Å². The number of hydrogen-bond acceptors (Lipinski definition) is 7. The van der Waals surface area contributed by atoms with Crippen molar-refractivity contribution >= 4 is 32.7 Å². The first-order valence-electron chi connectivity index (χ1n) is 10.1. The molecule has 1 atom stereocenters. The summed E-state index contributed by atoms with van der Waals surface area (Å²) in [7, 11) is -3.40. The Kier molecular flexibility index (Phi) is 6.08. The summed E-state index contributed by atoms with van der Waals surface area (Å²) < 4.78 is 64.7. The molecule has 4 rings (SSSR count). The number of sulfonamides is 1. The van der Waals surface area contributed by atoms with E-state index in [-0.39, 0.29) is 39.8 Å². The zero-order valence-electron chi connectivity index (χ0n) is 18.3. The van der Waals surface area contributed by atoms with Gasteiger partial charge in [0.05, 0.1) is 35.3 Å². The maximum atomic E-state index is 13.2. The van der Waals surface area contributed by atoms with Crippen LogP contribution in [-0.2, 0) is 16.2 Å². The van der Waals surface area contributed by atoms with Crippen LogP contribution in [0.2, 0.25) is 0 Å². The van der Waals surface area contributed by atoms with Gasteiger partial charge in [0.2, 0.25) is 16.0 Å². The molecular weight excluding hydrogens is 483 g/mol. The monoisotopic (exact) mass is 501 g/mol. The zero-order chi connectivity index (χ0) is 25.4. The summed E-state index contributed by atoms with van der Waals surface area (Å²) in [5.74, 6) is 0.152. The predicted octanol–water partition coefficient (Wildman–Crippen LogP) is 4.45. The zero-order valence-corrected chi connectivity index (χ0v) is 19.2. The lowest BCUT2D eigenvalue weighted by Gasteiger charge is -2.16. The number of aromatic nitrogens is 4. The second-order valence-electron chi connectivity index (χ2n) is 7.75. The van der Waals surface area contributed by atoms with Crippen LogP contribution in [0.4, 0.5) is 24.8 Å². The van der Waals surface area contributed by atoms with Gasteiger partial charge in [-0.1, -0.05) is 12.1 Å². The van der Waals surface area contributed by atoms with Gasteiger partial charge in [-0.2, -0.15) is 18.4 Å². The van der Waals surface area contributed by atoms with Crippen molar-refractivity contribution in [2.24, 2.45) is 0 Å². The molecule has 0 unspecified atom stereocenters. The van der Waals surface area contributed by atoms with Crippen LogP contribution < -0.4 is 10.0 Å². The van der Waals surface area contributed by atoms with E-state index in [9.17, 15) is 26.9 Å². The molecule has 0 aliphatic rings. The van der Waals surface area contributed by atoms with Gasteiger partial charge in [0.1, 0.15) is 11.7 Å². The molecule has 0 bridgehead atoms. The molecule has 3 aromatic heterocycles. The molecule has 1 aromatic carbocycles. The quantitative estimate of drug-likeness (QED) is 0.355. The molecule has 3 N–H and O–H groups in total. The number of hydrogen-bond donors (Lipinski definition) is 3. The number of aromatic amines is 1. The largest absolute Gasteiger partial charge is 0.417 e. The molecule has 0 spiro atoms. The van der Waals surface area contributed by atoms with Crippen molar-refractivity contribution in [3.05, 3.63) is 65.6 Å². The first-order chi connectivity index (χ1) is 16.4. The maximum Gasteiger partial charge on any atom is 0.417 e. The molecule has 0 saturated carbocycles. The third kappa shape index (κ3) is 5.33. The van der Waals surface area contributed by atoms with Crippen LogP contribution in [0, 0.1) is 11.3 Å². The van der Waals surface area contributed by atoms with Crippen LogP contribution >= 0.6 is 0 Å². The molecule has 3 heterocycles. The minimum atomic E-state index is -4.58. The standard InChI is InChI=1S/C22H18F3N7O2S/c1-12(13-3-5-16(6-4-13)32-35(2,33)34)30-21-29-9-14(8-26)19(31-21)18-11-28-20-17(18)7-15(10-27-20)22(23,24)25/h3-7,9-12,32H,1-2H3,(H,27,28)(H,29,30,31)/t12-/m1/s1. The van der Waals surface area contributed by atoms with Crippen molar-refractivity contribution in [2.45, 2.75) is 19.1 Å². The highest BCUT2D eigenvalue weighted by molar-refractivity contribution is 7.92. The minimum Gasteiger partial charge on any atom is -0.348 e. The molecule has 0 radical (unpaired) electrons. The Morgan fingerprint density at radius 3 is 2.49 bits per heavy atom. The van der Waals surface area contributed by atoms with E-state index in [1.807, 2.05) is 13.0 Å². The molecule has 0 fully saturated rings. The number of nitrogens with zero attached hydrogens (tertiary/aromatic N) is 4. The fourth-order valence-corrected chi connectivity index (χ4v) is 3.99. The van der Waals surface area contributed by atoms with Gasteiger partial charge < -0.3 is 10.3 Å². The summed E-state index contributed by atoms with van der Waals surface area (Å²) in [5, 5.41) is 12.8. The van der Waals surface area contributed by atoms with E-state index < -0.39 is 21.8 Å². The highest BCUT2D eigenvalue weighted by Crippen LogP contribution is 2.35. The molecule has 35 heavy (non-hydrogen) atoms. The van der Waals surface area contributed by atoms with Gasteiger partial charge in [0.15, 0.2) is 0 Å². The molecule has 9 nitrogen and oxygen atoms in total. The number of nitriles is 1. The average molecular weight is 501 g/mol. The summed E-state index contributed by atoms with van der Waals surface area (Å²) >= 11 is 0. The lowest BCUT2D eigenvalue weighted by molar-refractivity contribution is -0.137. The number of alkyl halides is 3. The van der Waals surface area contributed by atoms with Crippen LogP contribution in [0.3, 0.4) is 0 Å². The van der Waals surface area contributed by atoms with Crippen molar-refractivity contribution in [1.82, 2.24) is 19.9 Å². The van der Waals surface area contributed by atoms with Gasteiger partial charge in [-0.25, -0.2) is 23.4 Å².